The van der Waals surface area contributed by atoms with Crippen LogP contribution in [0.4, 0.5) is 0 Å². The minimum atomic E-state index is -0.216. The Kier molecular flexibility index (Phi) is 6.17. The van der Waals surface area contributed by atoms with E-state index in [0.717, 1.165) is 17.3 Å². The number of amides is 1. The first-order valence-electron chi connectivity index (χ1n) is 7.69. The molecule has 6 heteroatoms. The smallest absolute Gasteiger partial charge is 0.257 e. The standard InChI is InChI=1S/C17H22N2O4/c1-3-22-10-6-9-18-16(20)12-23-15-11-17(21)19(2)14-8-5-4-7-13(14)15/h4-5,7-8,11H,3,6,9-10,12H2,1-2H3,(H,18,20). The van der Waals surface area contributed by atoms with Gasteiger partial charge in [0.25, 0.3) is 11.5 Å². The zero-order valence-corrected chi connectivity index (χ0v) is 13.5. The molecule has 0 unspecified atom stereocenters. The monoisotopic (exact) mass is 318 g/mol. The lowest BCUT2D eigenvalue weighted by Gasteiger charge is -2.11. The molecule has 2 aromatic rings. The fourth-order valence-corrected chi connectivity index (χ4v) is 2.24. The van der Waals surface area contributed by atoms with Crippen LogP contribution in [0.1, 0.15) is 13.3 Å². The zero-order valence-electron chi connectivity index (χ0n) is 13.5. The lowest BCUT2D eigenvalue weighted by atomic mass is 10.2. The number of ether oxygens (including phenoxy) is 2. The number of hydrogen-bond acceptors (Lipinski definition) is 4. The quantitative estimate of drug-likeness (QED) is 0.748. The van der Waals surface area contributed by atoms with Gasteiger partial charge in [-0.05, 0) is 25.5 Å². The highest BCUT2D eigenvalue weighted by molar-refractivity contribution is 5.86. The van der Waals surface area contributed by atoms with Crippen molar-refractivity contribution >= 4 is 16.8 Å². The van der Waals surface area contributed by atoms with E-state index in [1.165, 1.54) is 6.07 Å². The third kappa shape index (κ3) is 4.56. The van der Waals surface area contributed by atoms with E-state index in [-0.39, 0.29) is 18.1 Å². The second-order valence-corrected chi connectivity index (χ2v) is 5.11. The van der Waals surface area contributed by atoms with Crippen LogP contribution >= 0.6 is 0 Å². The topological polar surface area (TPSA) is 69.6 Å². The molecule has 0 bridgehead atoms. The van der Waals surface area contributed by atoms with Gasteiger partial charge in [0.05, 0.1) is 5.52 Å². The number of carbonyl (C=O) groups is 1. The van der Waals surface area contributed by atoms with E-state index in [1.807, 2.05) is 31.2 Å². The van der Waals surface area contributed by atoms with Gasteiger partial charge in [0.1, 0.15) is 5.75 Å². The molecule has 0 aliphatic rings. The Labute approximate surface area is 135 Å². The van der Waals surface area contributed by atoms with Crippen LogP contribution in [0, 0.1) is 0 Å². The molecule has 6 nitrogen and oxygen atoms in total. The van der Waals surface area contributed by atoms with E-state index in [4.69, 9.17) is 9.47 Å². The van der Waals surface area contributed by atoms with Gasteiger partial charge in [-0.2, -0.15) is 0 Å². The first-order valence-corrected chi connectivity index (χ1v) is 7.69. The van der Waals surface area contributed by atoms with Crippen LogP contribution in [-0.4, -0.2) is 36.8 Å². The molecule has 0 radical (unpaired) electrons. The van der Waals surface area contributed by atoms with Gasteiger partial charge in [-0.25, -0.2) is 0 Å². The number of hydrogen-bond donors (Lipinski definition) is 1. The molecule has 0 saturated heterocycles. The van der Waals surface area contributed by atoms with Crippen LogP contribution in [-0.2, 0) is 16.6 Å². The molecule has 1 aromatic heterocycles. The number of benzene rings is 1. The van der Waals surface area contributed by atoms with Gasteiger partial charge in [-0.3, -0.25) is 9.59 Å². The third-order valence-electron chi connectivity index (χ3n) is 3.47. The molecule has 0 saturated carbocycles. The van der Waals surface area contributed by atoms with Gasteiger partial charge in [0, 0.05) is 38.3 Å². The van der Waals surface area contributed by atoms with Crippen molar-refractivity contribution in [2.24, 2.45) is 7.05 Å². The summed E-state index contributed by atoms with van der Waals surface area (Å²) in [6.45, 7) is 3.65. The van der Waals surface area contributed by atoms with Gasteiger partial charge >= 0.3 is 0 Å². The summed E-state index contributed by atoms with van der Waals surface area (Å²) in [6, 6.07) is 8.84. The Balaban J connectivity index is 1.96. The highest BCUT2D eigenvalue weighted by Crippen LogP contribution is 2.22. The molecular formula is C17H22N2O4. The predicted molar refractivity (Wildman–Crippen MR) is 88.8 cm³/mol. The lowest BCUT2D eigenvalue weighted by Crippen LogP contribution is -2.30. The largest absolute Gasteiger partial charge is 0.483 e. The van der Waals surface area contributed by atoms with Crippen molar-refractivity contribution in [1.29, 1.82) is 0 Å². The molecular weight excluding hydrogens is 296 g/mol. The van der Waals surface area contributed by atoms with Gasteiger partial charge in [-0.15, -0.1) is 0 Å². The normalized spacial score (nSPS) is 10.7. The Morgan fingerprint density at radius 3 is 2.87 bits per heavy atom. The molecule has 0 fully saturated rings. The predicted octanol–water partition coefficient (Wildman–Crippen LogP) is 1.46. The highest BCUT2D eigenvalue weighted by Gasteiger charge is 2.09. The number of para-hydroxylation sites is 1. The first kappa shape index (κ1) is 17.0. The summed E-state index contributed by atoms with van der Waals surface area (Å²) in [5.74, 6) is 0.208. The molecule has 1 heterocycles. The fraction of sp³-hybridized carbons (Fsp3) is 0.412. The lowest BCUT2D eigenvalue weighted by molar-refractivity contribution is -0.123. The third-order valence-corrected chi connectivity index (χ3v) is 3.47. The summed E-state index contributed by atoms with van der Waals surface area (Å²) >= 11 is 0. The van der Waals surface area contributed by atoms with Crippen molar-refractivity contribution in [3.8, 4) is 5.75 Å². The number of pyridine rings is 1. The molecule has 0 atom stereocenters. The van der Waals surface area contributed by atoms with Crippen LogP contribution in [0.15, 0.2) is 35.1 Å². The second-order valence-electron chi connectivity index (χ2n) is 5.11. The van der Waals surface area contributed by atoms with Crippen LogP contribution in [0.3, 0.4) is 0 Å². The van der Waals surface area contributed by atoms with Crippen LogP contribution < -0.4 is 15.6 Å². The summed E-state index contributed by atoms with van der Waals surface area (Å²) < 4.78 is 12.3. The van der Waals surface area contributed by atoms with Gasteiger partial charge in [0.2, 0.25) is 0 Å². The SMILES string of the molecule is CCOCCCNC(=O)COc1cc(=O)n(C)c2ccccc12. The minimum Gasteiger partial charge on any atom is -0.483 e. The highest BCUT2D eigenvalue weighted by atomic mass is 16.5. The van der Waals surface area contributed by atoms with Gasteiger partial charge < -0.3 is 19.4 Å². The Bertz CT molecular complexity index is 724. The molecule has 0 spiro atoms. The molecule has 1 N–H and O–H groups in total. The van der Waals surface area contributed by atoms with Crippen molar-refractivity contribution in [1.82, 2.24) is 9.88 Å². The number of aryl methyl sites for hydroxylation is 1. The maximum atomic E-state index is 11.9. The van der Waals surface area contributed by atoms with E-state index in [2.05, 4.69) is 5.32 Å². The maximum Gasteiger partial charge on any atom is 0.257 e. The Morgan fingerprint density at radius 1 is 1.30 bits per heavy atom. The van der Waals surface area contributed by atoms with Crippen molar-refractivity contribution in [3.05, 3.63) is 40.7 Å². The summed E-state index contributed by atoms with van der Waals surface area (Å²) in [4.78, 5) is 23.7. The van der Waals surface area contributed by atoms with E-state index >= 15 is 0 Å². The summed E-state index contributed by atoms with van der Waals surface area (Å²) in [5, 5.41) is 3.56. The van der Waals surface area contributed by atoms with E-state index < -0.39 is 0 Å². The van der Waals surface area contributed by atoms with Crippen LogP contribution in [0.2, 0.25) is 0 Å². The molecule has 1 aromatic carbocycles. The average Bonchev–Trinajstić information content (AvgIpc) is 2.56. The molecule has 23 heavy (non-hydrogen) atoms. The van der Waals surface area contributed by atoms with Crippen LogP contribution in [0.5, 0.6) is 5.75 Å². The number of fused-ring (bicyclic) bond motifs is 1. The summed E-state index contributed by atoms with van der Waals surface area (Å²) in [7, 11) is 1.71. The number of carbonyl (C=O) groups excluding carboxylic acids is 1. The van der Waals surface area contributed by atoms with E-state index in [1.54, 1.807) is 11.6 Å². The Hall–Kier alpha value is -2.34. The van der Waals surface area contributed by atoms with E-state index in [0.29, 0.717) is 25.5 Å². The summed E-state index contributed by atoms with van der Waals surface area (Å²) in [5.41, 5.74) is 0.600. The van der Waals surface area contributed by atoms with Crippen molar-refractivity contribution in [2.75, 3.05) is 26.4 Å². The summed E-state index contributed by atoms with van der Waals surface area (Å²) in [6.07, 6.45) is 0.758. The molecule has 0 aliphatic heterocycles. The average molecular weight is 318 g/mol. The number of nitrogens with zero attached hydrogens (tertiary/aromatic N) is 1. The second kappa shape index (κ2) is 8.33. The number of rotatable bonds is 8. The van der Waals surface area contributed by atoms with Gasteiger partial charge in [0.15, 0.2) is 6.61 Å². The maximum absolute atomic E-state index is 11.9. The van der Waals surface area contributed by atoms with Gasteiger partial charge in [-0.1, -0.05) is 12.1 Å². The van der Waals surface area contributed by atoms with Crippen molar-refractivity contribution in [2.45, 2.75) is 13.3 Å². The fourth-order valence-electron chi connectivity index (χ4n) is 2.24. The van der Waals surface area contributed by atoms with Crippen molar-refractivity contribution < 1.29 is 14.3 Å². The molecule has 0 aliphatic carbocycles. The van der Waals surface area contributed by atoms with Crippen LogP contribution in [0.25, 0.3) is 10.9 Å². The first-order chi connectivity index (χ1) is 11.1. The number of aromatic nitrogens is 1. The zero-order chi connectivity index (χ0) is 16.7. The molecule has 2 rings (SSSR count). The van der Waals surface area contributed by atoms with Crippen molar-refractivity contribution in [3.63, 3.8) is 0 Å². The molecule has 124 valence electrons. The number of nitrogens with one attached hydrogen (secondary N) is 1. The minimum absolute atomic E-state index is 0.119. The Morgan fingerprint density at radius 2 is 2.09 bits per heavy atom. The molecule has 1 amide bonds. The van der Waals surface area contributed by atoms with E-state index in [9.17, 15) is 9.59 Å².